The average molecular weight is 307 g/mol. The van der Waals surface area contributed by atoms with Crippen molar-refractivity contribution in [1.82, 2.24) is 14.8 Å². The Morgan fingerprint density at radius 2 is 2.00 bits per heavy atom. The van der Waals surface area contributed by atoms with Crippen LogP contribution in [0.1, 0.15) is 5.56 Å². The van der Waals surface area contributed by atoms with Crippen molar-refractivity contribution in [2.24, 2.45) is 0 Å². The molecule has 0 saturated carbocycles. The summed E-state index contributed by atoms with van der Waals surface area (Å²) >= 11 is 0. The topological polar surface area (TPSA) is 84.0 Å². The summed E-state index contributed by atoms with van der Waals surface area (Å²) in [6.45, 7) is 0.470. The largest absolute Gasteiger partial charge is 0.507 e. The minimum atomic E-state index is -0.379. The monoisotopic (exact) mass is 307 g/mol. The number of nitrogens with one attached hydrogen (secondary N) is 1. The van der Waals surface area contributed by atoms with Crippen molar-refractivity contribution >= 4 is 11.0 Å². The first-order chi connectivity index (χ1) is 11.2. The van der Waals surface area contributed by atoms with Crippen molar-refractivity contribution in [2.45, 2.75) is 6.54 Å². The van der Waals surface area contributed by atoms with E-state index in [4.69, 9.17) is 4.42 Å². The van der Waals surface area contributed by atoms with Crippen molar-refractivity contribution in [3.05, 3.63) is 70.7 Å². The number of pyridine rings is 1. The van der Waals surface area contributed by atoms with Gasteiger partial charge in [-0.2, -0.15) is 5.10 Å². The highest BCUT2D eigenvalue weighted by Crippen LogP contribution is 2.32. The molecule has 0 aliphatic carbocycles. The predicted molar refractivity (Wildman–Crippen MR) is 85.3 cm³/mol. The number of aromatic amines is 1. The Balaban J connectivity index is 1.96. The minimum Gasteiger partial charge on any atom is -0.507 e. The van der Waals surface area contributed by atoms with E-state index in [0.717, 1.165) is 11.6 Å². The van der Waals surface area contributed by atoms with E-state index in [2.05, 4.69) is 10.1 Å². The van der Waals surface area contributed by atoms with E-state index in [1.54, 1.807) is 23.1 Å². The summed E-state index contributed by atoms with van der Waals surface area (Å²) in [5.74, 6) is 0.415. The fourth-order valence-corrected chi connectivity index (χ4v) is 2.64. The first-order valence-corrected chi connectivity index (χ1v) is 7.13. The van der Waals surface area contributed by atoms with Gasteiger partial charge in [0.1, 0.15) is 17.1 Å². The molecule has 4 rings (SSSR count). The molecule has 0 amide bonds. The molecule has 0 aliphatic heterocycles. The standard InChI is InChI=1S/C17H13N3O3/c21-12-9-14(22)18-17-15(12)16(13-7-4-8-23-13)19-20(17)10-11-5-2-1-3-6-11/h1-9H,10H2,(H2,18,21,22). The zero-order chi connectivity index (χ0) is 15.8. The maximum atomic E-state index is 11.7. The van der Waals surface area contributed by atoms with Crippen LogP contribution in [0.5, 0.6) is 5.75 Å². The molecule has 0 saturated heterocycles. The van der Waals surface area contributed by atoms with Crippen molar-refractivity contribution in [1.29, 1.82) is 0 Å². The molecule has 6 heteroatoms. The van der Waals surface area contributed by atoms with Gasteiger partial charge in [-0.25, -0.2) is 4.68 Å². The van der Waals surface area contributed by atoms with Crippen LogP contribution < -0.4 is 5.56 Å². The van der Waals surface area contributed by atoms with Gasteiger partial charge in [-0.3, -0.25) is 4.79 Å². The summed E-state index contributed by atoms with van der Waals surface area (Å²) in [6.07, 6.45) is 1.54. The number of aromatic nitrogens is 3. The SMILES string of the molecule is O=c1cc(O)c2c(-c3ccco3)nn(Cc3ccccc3)c2[nH]1. The molecule has 114 valence electrons. The second-order valence-electron chi connectivity index (χ2n) is 5.21. The predicted octanol–water partition coefficient (Wildman–Crippen LogP) is 2.74. The van der Waals surface area contributed by atoms with E-state index in [9.17, 15) is 9.90 Å². The highest BCUT2D eigenvalue weighted by molar-refractivity contribution is 5.94. The molecule has 0 atom stereocenters. The second kappa shape index (κ2) is 5.17. The Morgan fingerprint density at radius 3 is 2.74 bits per heavy atom. The fourth-order valence-electron chi connectivity index (χ4n) is 2.64. The number of hydrogen-bond acceptors (Lipinski definition) is 4. The summed E-state index contributed by atoms with van der Waals surface area (Å²) in [5, 5.41) is 15.2. The Labute approximate surface area is 130 Å². The lowest BCUT2D eigenvalue weighted by Crippen LogP contribution is -2.08. The summed E-state index contributed by atoms with van der Waals surface area (Å²) in [7, 11) is 0. The van der Waals surface area contributed by atoms with Gasteiger partial charge in [0, 0.05) is 6.07 Å². The minimum absolute atomic E-state index is 0.116. The first-order valence-electron chi connectivity index (χ1n) is 7.13. The molecule has 6 nitrogen and oxygen atoms in total. The van der Waals surface area contributed by atoms with Gasteiger partial charge in [0.2, 0.25) is 0 Å². The Bertz CT molecular complexity index is 1010. The van der Waals surface area contributed by atoms with Crippen LogP contribution in [-0.2, 0) is 6.54 Å². The molecular formula is C17H13N3O3. The van der Waals surface area contributed by atoms with Crippen LogP contribution in [0.4, 0.5) is 0 Å². The average Bonchev–Trinajstić information content (AvgIpc) is 3.17. The number of aromatic hydroxyl groups is 1. The van der Waals surface area contributed by atoms with E-state index in [1.807, 2.05) is 30.3 Å². The first kappa shape index (κ1) is 13.4. The van der Waals surface area contributed by atoms with Gasteiger partial charge in [-0.05, 0) is 17.7 Å². The Morgan fingerprint density at radius 1 is 1.17 bits per heavy atom. The third-order valence-electron chi connectivity index (χ3n) is 3.65. The van der Waals surface area contributed by atoms with Gasteiger partial charge in [0.05, 0.1) is 18.2 Å². The van der Waals surface area contributed by atoms with Gasteiger partial charge in [-0.15, -0.1) is 0 Å². The quantitative estimate of drug-likeness (QED) is 0.609. The number of benzene rings is 1. The van der Waals surface area contributed by atoms with Crippen LogP contribution in [0.3, 0.4) is 0 Å². The zero-order valence-electron chi connectivity index (χ0n) is 12.1. The highest BCUT2D eigenvalue weighted by Gasteiger charge is 2.19. The van der Waals surface area contributed by atoms with Gasteiger partial charge >= 0.3 is 0 Å². The van der Waals surface area contributed by atoms with Gasteiger partial charge in [0.25, 0.3) is 5.56 Å². The van der Waals surface area contributed by atoms with E-state index in [-0.39, 0.29) is 11.3 Å². The Kier molecular flexibility index (Phi) is 3.01. The number of nitrogens with zero attached hydrogens (tertiary/aromatic N) is 2. The molecule has 0 unspecified atom stereocenters. The molecule has 0 bridgehead atoms. The molecule has 3 aromatic heterocycles. The molecule has 0 radical (unpaired) electrons. The molecule has 3 heterocycles. The van der Waals surface area contributed by atoms with E-state index in [0.29, 0.717) is 29.0 Å². The van der Waals surface area contributed by atoms with Crippen LogP contribution in [0.15, 0.2) is 64.0 Å². The maximum absolute atomic E-state index is 11.7. The smallest absolute Gasteiger partial charge is 0.253 e. The van der Waals surface area contributed by atoms with Crippen molar-refractivity contribution < 1.29 is 9.52 Å². The van der Waals surface area contributed by atoms with E-state index >= 15 is 0 Å². The van der Waals surface area contributed by atoms with Crippen LogP contribution >= 0.6 is 0 Å². The maximum Gasteiger partial charge on any atom is 0.253 e. The zero-order valence-corrected chi connectivity index (χ0v) is 12.1. The number of fused-ring (bicyclic) bond motifs is 1. The highest BCUT2D eigenvalue weighted by atomic mass is 16.3. The van der Waals surface area contributed by atoms with Crippen LogP contribution in [0.25, 0.3) is 22.5 Å². The normalized spacial score (nSPS) is 11.1. The van der Waals surface area contributed by atoms with E-state index in [1.165, 1.54) is 0 Å². The van der Waals surface area contributed by atoms with Crippen LogP contribution in [0.2, 0.25) is 0 Å². The summed E-state index contributed by atoms with van der Waals surface area (Å²) < 4.78 is 7.05. The second-order valence-corrected chi connectivity index (χ2v) is 5.21. The molecule has 2 N–H and O–H groups in total. The summed E-state index contributed by atoms with van der Waals surface area (Å²) in [4.78, 5) is 14.5. The van der Waals surface area contributed by atoms with Crippen molar-refractivity contribution in [3.63, 3.8) is 0 Å². The molecule has 0 aliphatic rings. The lowest BCUT2D eigenvalue weighted by molar-refractivity contribution is 0.480. The Hall–Kier alpha value is -3.28. The van der Waals surface area contributed by atoms with E-state index < -0.39 is 0 Å². The number of H-pyrrole nitrogens is 1. The lowest BCUT2D eigenvalue weighted by atomic mass is 10.2. The van der Waals surface area contributed by atoms with Gasteiger partial charge < -0.3 is 14.5 Å². The molecule has 23 heavy (non-hydrogen) atoms. The lowest BCUT2D eigenvalue weighted by Gasteiger charge is -2.03. The van der Waals surface area contributed by atoms with Gasteiger partial charge in [-0.1, -0.05) is 30.3 Å². The third-order valence-corrected chi connectivity index (χ3v) is 3.65. The number of hydrogen-bond donors (Lipinski definition) is 2. The van der Waals surface area contributed by atoms with Crippen molar-refractivity contribution in [2.75, 3.05) is 0 Å². The molecule has 0 fully saturated rings. The van der Waals surface area contributed by atoms with Crippen molar-refractivity contribution in [3.8, 4) is 17.2 Å². The fraction of sp³-hybridized carbons (Fsp3) is 0.0588. The summed E-state index contributed by atoms with van der Waals surface area (Å²) in [6, 6.07) is 14.4. The summed E-state index contributed by atoms with van der Waals surface area (Å²) in [5.41, 5.74) is 1.61. The van der Waals surface area contributed by atoms with Gasteiger partial charge in [0.15, 0.2) is 5.76 Å². The molecule has 4 aromatic rings. The number of furan rings is 1. The molecule has 0 spiro atoms. The third kappa shape index (κ3) is 2.30. The van der Waals surface area contributed by atoms with Crippen LogP contribution in [-0.4, -0.2) is 19.9 Å². The molecular weight excluding hydrogens is 294 g/mol. The number of rotatable bonds is 3. The molecule has 1 aromatic carbocycles. The van der Waals surface area contributed by atoms with Crippen LogP contribution in [0, 0.1) is 0 Å².